The first-order chi connectivity index (χ1) is 8.63. The van der Waals surface area contributed by atoms with Crippen LogP contribution in [0.25, 0.3) is 0 Å². The lowest BCUT2D eigenvalue weighted by atomic mass is 9.71. The fourth-order valence-electron chi connectivity index (χ4n) is 2.74. The van der Waals surface area contributed by atoms with E-state index in [4.69, 9.17) is 0 Å². The summed E-state index contributed by atoms with van der Waals surface area (Å²) in [6.45, 7) is 7.50. The van der Waals surface area contributed by atoms with Crippen LogP contribution in [0.4, 0.5) is 0 Å². The summed E-state index contributed by atoms with van der Waals surface area (Å²) in [7, 11) is 0.112. The molecule has 1 aliphatic carbocycles. The lowest BCUT2D eigenvalue weighted by molar-refractivity contribution is 0.161. The number of sulfonamides is 1. The predicted molar refractivity (Wildman–Crippen MR) is 80.7 cm³/mol. The van der Waals surface area contributed by atoms with Crippen LogP contribution in [-0.4, -0.2) is 45.2 Å². The van der Waals surface area contributed by atoms with Crippen molar-refractivity contribution >= 4 is 10.0 Å². The summed E-state index contributed by atoms with van der Waals surface area (Å²) in [4.78, 5) is 0. The highest BCUT2D eigenvalue weighted by molar-refractivity contribution is 7.89. The Hall–Kier alpha value is -0.130. The molecule has 19 heavy (non-hydrogen) atoms. The predicted octanol–water partition coefficient (Wildman–Crippen LogP) is 2.07. The molecule has 0 aromatic carbocycles. The van der Waals surface area contributed by atoms with Crippen LogP contribution in [0.5, 0.6) is 0 Å². The molecule has 0 atom stereocenters. The van der Waals surface area contributed by atoms with E-state index in [9.17, 15) is 8.42 Å². The Balaban J connectivity index is 2.28. The third-order valence-corrected chi connectivity index (χ3v) is 6.13. The molecule has 0 radical (unpaired) electrons. The molecular weight excluding hydrogens is 260 g/mol. The van der Waals surface area contributed by atoms with Crippen LogP contribution in [0.1, 0.15) is 46.5 Å². The van der Waals surface area contributed by atoms with Crippen molar-refractivity contribution in [3.8, 4) is 0 Å². The molecule has 114 valence electrons. The molecule has 0 aromatic heterocycles. The SMILES string of the molecule is CN(C)S(=O)(=O)CCNC1CCC(C(C)(C)C)CC1. The van der Waals surface area contributed by atoms with Gasteiger partial charge in [-0.15, -0.1) is 0 Å². The van der Waals surface area contributed by atoms with E-state index >= 15 is 0 Å². The van der Waals surface area contributed by atoms with Crippen molar-refractivity contribution in [3.63, 3.8) is 0 Å². The van der Waals surface area contributed by atoms with E-state index in [1.807, 2.05) is 0 Å². The minimum absolute atomic E-state index is 0.194. The summed E-state index contributed by atoms with van der Waals surface area (Å²) in [5.74, 6) is 0.996. The number of hydrogen-bond acceptors (Lipinski definition) is 3. The average molecular weight is 290 g/mol. The molecule has 0 saturated heterocycles. The van der Waals surface area contributed by atoms with Gasteiger partial charge < -0.3 is 5.32 Å². The summed E-state index contributed by atoms with van der Waals surface area (Å²) < 4.78 is 24.6. The van der Waals surface area contributed by atoms with E-state index in [1.165, 1.54) is 30.0 Å². The molecule has 5 heteroatoms. The number of nitrogens with one attached hydrogen (secondary N) is 1. The van der Waals surface area contributed by atoms with Crippen molar-refractivity contribution in [3.05, 3.63) is 0 Å². The Morgan fingerprint density at radius 3 is 2.05 bits per heavy atom. The first-order valence-corrected chi connectivity index (χ1v) is 8.87. The molecule has 0 aromatic rings. The van der Waals surface area contributed by atoms with Crippen molar-refractivity contribution in [1.29, 1.82) is 0 Å². The van der Waals surface area contributed by atoms with Gasteiger partial charge in [-0.25, -0.2) is 12.7 Å². The minimum Gasteiger partial charge on any atom is -0.313 e. The first-order valence-electron chi connectivity index (χ1n) is 7.26. The van der Waals surface area contributed by atoms with Crippen molar-refractivity contribution in [1.82, 2.24) is 9.62 Å². The van der Waals surface area contributed by atoms with Gasteiger partial charge in [-0.05, 0) is 37.0 Å². The van der Waals surface area contributed by atoms with Gasteiger partial charge in [0.2, 0.25) is 10.0 Å². The third-order valence-electron chi connectivity index (χ3n) is 4.30. The Kier molecular flexibility index (Phi) is 5.83. The highest BCUT2D eigenvalue weighted by Crippen LogP contribution is 2.37. The van der Waals surface area contributed by atoms with E-state index in [0.29, 0.717) is 18.0 Å². The molecule has 1 N–H and O–H groups in total. The second-order valence-electron chi connectivity index (χ2n) is 6.97. The summed E-state index contributed by atoms with van der Waals surface area (Å²) in [5.41, 5.74) is 0.402. The minimum atomic E-state index is -3.06. The molecule has 0 unspecified atom stereocenters. The Bertz CT molecular complexity index is 363. The molecule has 0 amide bonds. The molecular formula is C14H30N2O2S. The smallest absolute Gasteiger partial charge is 0.214 e. The molecule has 1 aliphatic rings. The van der Waals surface area contributed by atoms with Gasteiger partial charge >= 0.3 is 0 Å². The maximum Gasteiger partial charge on any atom is 0.214 e. The number of hydrogen-bond donors (Lipinski definition) is 1. The zero-order valence-electron chi connectivity index (χ0n) is 13.1. The molecule has 0 spiro atoms. The van der Waals surface area contributed by atoms with Crippen molar-refractivity contribution in [2.75, 3.05) is 26.4 Å². The summed E-state index contributed by atoms with van der Waals surface area (Å²) in [6, 6.07) is 0.496. The Morgan fingerprint density at radius 2 is 1.63 bits per heavy atom. The topological polar surface area (TPSA) is 49.4 Å². The van der Waals surface area contributed by atoms with E-state index in [-0.39, 0.29) is 5.75 Å². The van der Waals surface area contributed by atoms with Crippen LogP contribution in [0, 0.1) is 11.3 Å². The van der Waals surface area contributed by atoms with Gasteiger partial charge in [-0.1, -0.05) is 20.8 Å². The molecule has 1 fully saturated rings. The molecule has 0 heterocycles. The molecule has 4 nitrogen and oxygen atoms in total. The second-order valence-corrected chi connectivity index (χ2v) is 9.27. The zero-order valence-corrected chi connectivity index (χ0v) is 13.9. The summed E-state index contributed by atoms with van der Waals surface area (Å²) in [5, 5.41) is 3.40. The van der Waals surface area contributed by atoms with Crippen LogP contribution in [0.15, 0.2) is 0 Å². The van der Waals surface area contributed by atoms with Gasteiger partial charge in [0.05, 0.1) is 5.75 Å². The molecule has 1 rings (SSSR count). The standard InChI is InChI=1S/C14H30N2O2S/c1-14(2,3)12-6-8-13(9-7-12)15-10-11-19(17,18)16(4)5/h12-13,15H,6-11H2,1-5H3. The maximum atomic E-state index is 11.6. The zero-order chi connectivity index (χ0) is 14.7. The van der Waals surface area contributed by atoms with Gasteiger partial charge in [-0.3, -0.25) is 0 Å². The first kappa shape index (κ1) is 16.9. The fraction of sp³-hybridized carbons (Fsp3) is 1.00. The van der Waals surface area contributed by atoms with Crippen molar-refractivity contribution in [2.24, 2.45) is 11.3 Å². The number of rotatable bonds is 5. The van der Waals surface area contributed by atoms with Gasteiger partial charge in [0, 0.05) is 26.7 Å². The van der Waals surface area contributed by atoms with E-state index in [2.05, 4.69) is 26.1 Å². The highest BCUT2D eigenvalue weighted by Gasteiger charge is 2.29. The normalized spacial score (nSPS) is 25.8. The molecule has 0 aliphatic heterocycles. The van der Waals surface area contributed by atoms with Gasteiger partial charge in [0.15, 0.2) is 0 Å². The third kappa shape index (κ3) is 5.40. The van der Waals surface area contributed by atoms with Gasteiger partial charge in [-0.2, -0.15) is 0 Å². The van der Waals surface area contributed by atoms with Crippen LogP contribution in [0.2, 0.25) is 0 Å². The maximum absolute atomic E-state index is 11.6. The van der Waals surface area contributed by atoms with E-state index in [1.54, 1.807) is 14.1 Å². The highest BCUT2D eigenvalue weighted by atomic mass is 32.2. The summed E-state index contributed by atoms with van der Waals surface area (Å²) >= 11 is 0. The van der Waals surface area contributed by atoms with E-state index in [0.717, 1.165) is 5.92 Å². The lowest BCUT2D eigenvalue weighted by Gasteiger charge is -2.37. The molecule has 0 bridgehead atoms. The summed E-state index contributed by atoms with van der Waals surface area (Å²) in [6.07, 6.45) is 4.84. The quantitative estimate of drug-likeness (QED) is 0.843. The van der Waals surface area contributed by atoms with Crippen LogP contribution >= 0.6 is 0 Å². The average Bonchev–Trinajstić information content (AvgIpc) is 2.28. The van der Waals surface area contributed by atoms with Crippen LogP contribution in [0.3, 0.4) is 0 Å². The number of nitrogens with zero attached hydrogens (tertiary/aromatic N) is 1. The lowest BCUT2D eigenvalue weighted by Crippen LogP contribution is -2.39. The fourth-order valence-corrected chi connectivity index (χ4v) is 3.48. The monoisotopic (exact) mass is 290 g/mol. The second kappa shape index (κ2) is 6.55. The van der Waals surface area contributed by atoms with Crippen molar-refractivity contribution < 1.29 is 8.42 Å². The Labute approximate surface area is 119 Å². The van der Waals surface area contributed by atoms with Crippen LogP contribution in [-0.2, 0) is 10.0 Å². The van der Waals surface area contributed by atoms with Gasteiger partial charge in [0.25, 0.3) is 0 Å². The van der Waals surface area contributed by atoms with Crippen molar-refractivity contribution in [2.45, 2.75) is 52.5 Å². The largest absolute Gasteiger partial charge is 0.313 e. The van der Waals surface area contributed by atoms with E-state index < -0.39 is 10.0 Å². The van der Waals surface area contributed by atoms with Gasteiger partial charge in [0.1, 0.15) is 0 Å². The van der Waals surface area contributed by atoms with Crippen LogP contribution < -0.4 is 5.32 Å². The Morgan fingerprint density at radius 1 is 1.11 bits per heavy atom. The molecule has 1 saturated carbocycles.